The Hall–Kier alpha value is -3.38. The average Bonchev–Trinajstić information content (AvgIpc) is 3.30. The summed E-state index contributed by atoms with van der Waals surface area (Å²) in [4.78, 5) is 24.5. The first-order valence-electron chi connectivity index (χ1n) is 10.2. The highest BCUT2D eigenvalue weighted by atomic mass is 16.5. The van der Waals surface area contributed by atoms with Gasteiger partial charge in [-0.1, -0.05) is 30.3 Å². The van der Waals surface area contributed by atoms with Crippen molar-refractivity contribution in [1.82, 2.24) is 5.32 Å². The molecule has 1 saturated heterocycles. The van der Waals surface area contributed by atoms with E-state index in [2.05, 4.69) is 16.0 Å². The minimum Gasteiger partial charge on any atom is -0.376 e. The van der Waals surface area contributed by atoms with Gasteiger partial charge < -0.3 is 20.7 Å². The van der Waals surface area contributed by atoms with Crippen molar-refractivity contribution >= 4 is 34.0 Å². The van der Waals surface area contributed by atoms with Gasteiger partial charge in [0.05, 0.1) is 12.6 Å². The van der Waals surface area contributed by atoms with Gasteiger partial charge in [-0.3, -0.25) is 9.59 Å². The van der Waals surface area contributed by atoms with Gasteiger partial charge in [-0.2, -0.15) is 0 Å². The number of fused-ring (bicyclic) bond motifs is 1. The van der Waals surface area contributed by atoms with Crippen LogP contribution in [0.1, 0.15) is 23.2 Å². The van der Waals surface area contributed by atoms with Gasteiger partial charge in [0.1, 0.15) is 0 Å². The molecule has 1 atom stereocenters. The predicted octanol–water partition coefficient (Wildman–Crippen LogP) is 3.80. The third-order valence-electron chi connectivity index (χ3n) is 5.15. The summed E-state index contributed by atoms with van der Waals surface area (Å²) in [7, 11) is 0. The lowest BCUT2D eigenvalue weighted by atomic mass is 10.1. The maximum atomic E-state index is 12.3. The topological polar surface area (TPSA) is 79.5 Å². The van der Waals surface area contributed by atoms with Crippen LogP contribution in [-0.2, 0) is 9.53 Å². The fourth-order valence-electron chi connectivity index (χ4n) is 3.51. The zero-order valence-electron chi connectivity index (χ0n) is 16.7. The maximum Gasteiger partial charge on any atom is 0.251 e. The van der Waals surface area contributed by atoms with E-state index in [1.807, 2.05) is 42.5 Å². The number of rotatable bonds is 7. The number of hydrogen-bond donors (Lipinski definition) is 3. The predicted molar refractivity (Wildman–Crippen MR) is 119 cm³/mol. The van der Waals surface area contributed by atoms with Gasteiger partial charge in [-0.25, -0.2) is 0 Å². The molecule has 154 valence electrons. The zero-order valence-corrected chi connectivity index (χ0v) is 16.7. The third-order valence-corrected chi connectivity index (χ3v) is 5.15. The third kappa shape index (κ3) is 5.15. The Morgan fingerprint density at radius 1 is 0.933 bits per heavy atom. The van der Waals surface area contributed by atoms with E-state index >= 15 is 0 Å². The van der Waals surface area contributed by atoms with Crippen molar-refractivity contribution in [2.75, 3.05) is 30.3 Å². The summed E-state index contributed by atoms with van der Waals surface area (Å²) in [5.74, 6) is -0.255. The van der Waals surface area contributed by atoms with Crippen molar-refractivity contribution in [3.63, 3.8) is 0 Å². The van der Waals surface area contributed by atoms with E-state index < -0.39 is 0 Å². The number of ether oxygens (including phenoxy) is 1. The van der Waals surface area contributed by atoms with E-state index in [9.17, 15) is 9.59 Å². The van der Waals surface area contributed by atoms with Crippen LogP contribution < -0.4 is 16.0 Å². The Balaban J connectivity index is 1.25. The SMILES string of the molecule is O=C(CNc1ccc(C(=O)NCC2CCCO2)cc1)Nc1ccc2ccccc2c1. The van der Waals surface area contributed by atoms with Crippen LogP contribution in [0.2, 0.25) is 0 Å². The molecular weight excluding hydrogens is 378 g/mol. The van der Waals surface area contributed by atoms with E-state index in [-0.39, 0.29) is 24.5 Å². The fraction of sp³-hybridized carbons (Fsp3) is 0.250. The highest BCUT2D eigenvalue weighted by Gasteiger charge is 2.16. The minimum atomic E-state index is -0.135. The monoisotopic (exact) mass is 403 g/mol. The van der Waals surface area contributed by atoms with Crippen molar-refractivity contribution in [2.24, 2.45) is 0 Å². The molecule has 1 fully saturated rings. The maximum absolute atomic E-state index is 12.3. The van der Waals surface area contributed by atoms with Crippen molar-refractivity contribution in [3.8, 4) is 0 Å². The Morgan fingerprint density at radius 2 is 1.70 bits per heavy atom. The van der Waals surface area contributed by atoms with Gasteiger partial charge >= 0.3 is 0 Å². The van der Waals surface area contributed by atoms with E-state index in [1.165, 1.54) is 0 Å². The highest BCUT2D eigenvalue weighted by Crippen LogP contribution is 2.19. The summed E-state index contributed by atoms with van der Waals surface area (Å²) in [6.07, 6.45) is 2.16. The number of hydrogen-bond acceptors (Lipinski definition) is 4. The molecule has 0 saturated carbocycles. The Bertz CT molecular complexity index is 1030. The number of amides is 2. The van der Waals surface area contributed by atoms with Gasteiger partial charge in [0.2, 0.25) is 5.91 Å². The fourth-order valence-corrected chi connectivity index (χ4v) is 3.51. The van der Waals surface area contributed by atoms with Crippen molar-refractivity contribution < 1.29 is 14.3 Å². The molecule has 1 aliphatic heterocycles. The summed E-state index contributed by atoms with van der Waals surface area (Å²) in [6, 6.07) is 20.9. The van der Waals surface area contributed by atoms with Crippen LogP contribution in [0.4, 0.5) is 11.4 Å². The van der Waals surface area contributed by atoms with Crippen molar-refractivity contribution in [2.45, 2.75) is 18.9 Å². The molecule has 4 rings (SSSR count). The Kier molecular flexibility index (Phi) is 6.25. The number of nitrogens with one attached hydrogen (secondary N) is 3. The van der Waals surface area contributed by atoms with Crippen LogP contribution in [0.25, 0.3) is 10.8 Å². The van der Waals surface area contributed by atoms with E-state index in [0.29, 0.717) is 12.1 Å². The van der Waals surface area contributed by atoms with E-state index in [1.54, 1.807) is 24.3 Å². The molecular formula is C24H25N3O3. The Morgan fingerprint density at radius 3 is 2.47 bits per heavy atom. The first-order valence-corrected chi connectivity index (χ1v) is 10.2. The first kappa shape index (κ1) is 19.9. The average molecular weight is 403 g/mol. The summed E-state index contributed by atoms with van der Waals surface area (Å²) >= 11 is 0. The number of anilines is 2. The summed E-state index contributed by atoms with van der Waals surface area (Å²) in [6.45, 7) is 1.44. The second kappa shape index (κ2) is 9.41. The zero-order chi connectivity index (χ0) is 20.8. The van der Waals surface area contributed by atoms with Crippen LogP contribution in [0.5, 0.6) is 0 Å². The number of carbonyl (C=O) groups is 2. The molecule has 0 bridgehead atoms. The number of benzene rings is 3. The summed E-state index contributed by atoms with van der Waals surface area (Å²) in [5, 5.41) is 11.1. The van der Waals surface area contributed by atoms with Crippen LogP contribution in [0.15, 0.2) is 66.7 Å². The summed E-state index contributed by atoms with van der Waals surface area (Å²) in [5.41, 5.74) is 2.12. The van der Waals surface area contributed by atoms with Crippen LogP contribution in [0, 0.1) is 0 Å². The Labute approximate surface area is 175 Å². The second-order valence-corrected chi connectivity index (χ2v) is 7.39. The lowest BCUT2D eigenvalue weighted by Gasteiger charge is -2.11. The normalized spacial score (nSPS) is 15.7. The molecule has 6 heteroatoms. The second-order valence-electron chi connectivity index (χ2n) is 7.39. The lowest BCUT2D eigenvalue weighted by molar-refractivity contribution is -0.114. The minimum absolute atomic E-state index is 0.119. The molecule has 0 aromatic heterocycles. The molecule has 6 nitrogen and oxygen atoms in total. The molecule has 2 amide bonds. The van der Waals surface area contributed by atoms with Crippen LogP contribution in [-0.4, -0.2) is 37.6 Å². The smallest absolute Gasteiger partial charge is 0.251 e. The summed E-state index contributed by atoms with van der Waals surface area (Å²) < 4.78 is 5.51. The molecule has 1 aliphatic rings. The first-order chi connectivity index (χ1) is 14.7. The largest absolute Gasteiger partial charge is 0.376 e. The molecule has 0 radical (unpaired) electrons. The lowest BCUT2D eigenvalue weighted by Crippen LogP contribution is -2.31. The number of carbonyl (C=O) groups excluding carboxylic acids is 2. The molecule has 1 heterocycles. The van der Waals surface area contributed by atoms with Gasteiger partial charge in [-0.05, 0) is 60.0 Å². The molecule has 3 aromatic carbocycles. The quantitative estimate of drug-likeness (QED) is 0.561. The molecule has 3 N–H and O–H groups in total. The van der Waals surface area contributed by atoms with Crippen LogP contribution >= 0.6 is 0 Å². The van der Waals surface area contributed by atoms with E-state index in [0.717, 1.165) is 41.6 Å². The standard InChI is InChI=1S/C24H25N3O3/c28-23(27-21-12-7-17-4-1-2-5-19(17)14-21)16-25-20-10-8-18(9-11-20)24(29)26-15-22-6-3-13-30-22/h1-2,4-5,7-12,14,22,25H,3,6,13,15-16H2,(H,26,29)(H,27,28). The van der Waals surface area contributed by atoms with Gasteiger partial charge in [0.15, 0.2) is 0 Å². The molecule has 0 aliphatic carbocycles. The molecule has 1 unspecified atom stereocenters. The molecule has 3 aromatic rings. The molecule has 30 heavy (non-hydrogen) atoms. The molecule has 0 spiro atoms. The van der Waals surface area contributed by atoms with Crippen molar-refractivity contribution in [3.05, 3.63) is 72.3 Å². The van der Waals surface area contributed by atoms with Gasteiger partial charge in [-0.15, -0.1) is 0 Å². The van der Waals surface area contributed by atoms with Crippen molar-refractivity contribution in [1.29, 1.82) is 0 Å². The van der Waals surface area contributed by atoms with Gasteiger partial charge in [0, 0.05) is 30.1 Å². The highest BCUT2D eigenvalue weighted by molar-refractivity contribution is 5.97. The van der Waals surface area contributed by atoms with Crippen LogP contribution in [0.3, 0.4) is 0 Å². The van der Waals surface area contributed by atoms with Gasteiger partial charge in [0.25, 0.3) is 5.91 Å². The van der Waals surface area contributed by atoms with E-state index in [4.69, 9.17) is 4.74 Å².